The lowest BCUT2D eigenvalue weighted by Crippen LogP contribution is -2.12. The van der Waals surface area contributed by atoms with Gasteiger partial charge in [0.05, 0.1) is 14.2 Å². The van der Waals surface area contributed by atoms with Crippen LogP contribution in [0.15, 0.2) is 18.2 Å². The molecule has 2 heterocycles. The molecule has 0 aromatic carbocycles. The van der Waals surface area contributed by atoms with Crippen LogP contribution in [-0.2, 0) is 4.74 Å². The van der Waals surface area contributed by atoms with E-state index in [0.717, 1.165) is 11.4 Å². The summed E-state index contributed by atoms with van der Waals surface area (Å²) in [6.07, 6.45) is 0. The van der Waals surface area contributed by atoms with Gasteiger partial charge in [-0.25, -0.2) is 14.5 Å². The SMILES string of the molecule is COC(=O)c1ccc(C)nc1-n1nc(OC)cc1C. The normalized spacial score (nSPS) is 10.3. The van der Waals surface area contributed by atoms with E-state index in [1.165, 1.54) is 14.2 Å². The first-order valence-electron chi connectivity index (χ1n) is 5.73. The number of pyridine rings is 1. The van der Waals surface area contributed by atoms with Crippen molar-refractivity contribution in [3.05, 3.63) is 35.2 Å². The smallest absolute Gasteiger partial charge is 0.341 e. The van der Waals surface area contributed by atoms with E-state index in [9.17, 15) is 4.79 Å². The Morgan fingerprint density at radius 1 is 1.26 bits per heavy atom. The van der Waals surface area contributed by atoms with Gasteiger partial charge in [0.2, 0.25) is 5.88 Å². The van der Waals surface area contributed by atoms with Crippen LogP contribution in [0.4, 0.5) is 0 Å². The molecule has 0 N–H and O–H groups in total. The molecule has 0 atom stereocenters. The number of esters is 1. The second-order valence-electron chi connectivity index (χ2n) is 4.06. The van der Waals surface area contributed by atoms with Crippen molar-refractivity contribution < 1.29 is 14.3 Å². The summed E-state index contributed by atoms with van der Waals surface area (Å²) in [5.41, 5.74) is 1.97. The maximum absolute atomic E-state index is 11.8. The van der Waals surface area contributed by atoms with Crippen LogP contribution < -0.4 is 4.74 Å². The fourth-order valence-electron chi connectivity index (χ4n) is 1.73. The molecule has 2 rings (SSSR count). The quantitative estimate of drug-likeness (QED) is 0.786. The van der Waals surface area contributed by atoms with Crippen molar-refractivity contribution in [1.82, 2.24) is 14.8 Å². The van der Waals surface area contributed by atoms with Gasteiger partial charge < -0.3 is 9.47 Å². The highest BCUT2D eigenvalue weighted by Gasteiger charge is 2.18. The molecule has 0 aliphatic heterocycles. The molecule has 0 spiro atoms. The molecule has 0 amide bonds. The molecule has 100 valence electrons. The minimum absolute atomic E-state index is 0.363. The summed E-state index contributed by atoms with van der Waals surface area (Å²) in [7, 11) is 2.87. The molecular weight excluding hydrogens is 246 g/mol. The average Bonchev–Trinajstić information content (AvgIpc) is 2.79. The number of carbonyl (C=O) groups is 1. The van der Waals surface area contributed by atoms with Gasteiger partial charge in [0.15, 0.2) is 5.82 Å². The van der Waals surface area contributed by atoms with Crippen molar-refractivity contribution >= 4 is 5.97 Å². The number of rotatable bonds is 3. The minimum Gasteiger partial charge on any atom is -0.480 e. The Morgan fingerprint density at radius 2 is 2.00 bits per heavy atom. The molecule has 0 unspecified atom stereocenters. The van der Waals surface area contributed by atoms with E-state index in [4.69, 9.17) is 9.47 Å². The molecule has 0 saturated carbocycles. The van der Waals surface area contributed by atoms with Gasteiger partial charge in [-0.1, -0.05) is 0 Å². The van der Waals surface area contributed by atoms with E-state index in [1.54, 1.807) is 22.9 Å². The molecule has 0 fully saturated rings. The van der Waals surface area contributed by atoms with Crippen LogP contribution in [0, 0.1) is 13.8 Å². The standard InChI is InChI=1S/C13H15N3O3/c1-8-5-6-10(13(17)19-4)12(14-8)16-9(2)7-11(15-16)18-3/h5-7H,1-4H3. The molecule has 19 heavy (non-hydrogen) atoms. The molecule has 0 radical (unpaired) electrons. The fourth-order valence-corrected chi connectivity index (χ4v) is 1.73. The van der Waals surface area contributed by atoms with E-state index in [1.807, 2.05) is 13.8 Å². The van der Waals surface area contributed by atoms with E-state index < -0.39 is 5.97 Å². The molecule has 0 bridgehead atoms. The Morgan fingerprint density at radius 3 is 2.58 bits per heavy atom. The summed E-state index contributed by atoms with van der Waals surface area (Å²) in [4.78, 5) is 16.1. The Balaban J connectivity index is 2.62. The van der Waals surface area contributed by atoms with Crippen LogP contribution in [0.25, 0.3) is 5.82 Å². The third kappa shape index (κ3) is 2.42. The first-order chi connectivity index (χ1) is 9.06. The zero-order chi connectivity index (χ0) is 14.0. The second kappa shape index (κ2) is 5.09. The lowest BCUT2D eigenvalue weighted by atomic mass is 10.2. The molecule has 0 saturated heterocycles. The molecular formula is C13H15N3O3. The Kier molecular flexibility index (Phi) is 3.50. The van der Waals surface area contributed by atoms with Gasteiger partial charge in [0.25, 0.3) is 0 Å². The van der Waals surface area contributed by atoms with Crippen molar-refractivity contribution in [2.75, 3.05) is 14.2 Å². The average molecular weight is 261 g/mol. The van der Waals surface area contributed by atoms with Crippen molar-refractivity contribution in [3.8, 4) is 11.7 Å². The number of carbonyl (C=O) groups excluding carboxylic acids is 1. The zero-order valence-electron chi connectivity index (χ0n) is 11.3. The Labute approximate surface area is 111 Å². The van der Waals surface area contributed by atoms with Crippen LogP contribution in [-0.4, -0.2) is 35.0 Å². The van der Waals surface area contributed by atoms with E-state index in [-0.39, 0.29) is 0 Å². The van der Waals surface area contributed by atoms with Gasteiger partial charge in [-0.2, -0.15) is 0 Å². The highest BCUT2D eigenvalue weighted by Crippen LogP contribution is 2.19. The monoisotopic (exact) mass is 261 g/mol. The summed E-state index contributed by atoms with van der Waals surface area (Å²) in [6.45, 7) is 3.71. The van der Waals surface area contributed by atoms with Crippen molar-refractivity contribution in [1.29, 1.82) is 0 Å². The lowest BCUT2D eigenvalue weighted by molar-refractivity contribution is 0.0600. The molecule has 6 nitrogen and oxygen atoms in total. The number of hydrogen-bond donors (Lipinski definition) is 0. The van der Waals surface area contributed by atoms with Crippen molar-refractivity contribution in [2.24, 2.45) is 0 Å². The van der Waals surface area contributed by atoms with E-state index in [0.29, 0.717) is 17.3 Å². The third-order valence-corrected chi connectivity index (χ3v) is 2.69. The number of hydrogen-bond acceptors (Lipinski definition) is 5. The number of methoxy groups -OCH3 is 2. The van der Waals surface area contributed by atoms with Crippen LogP contribution in [0.3, 0.4) is 0 Å². The summed E-state index contributed by atoms with van der Waals surface area (Å²) in [5, 5.41) is 4.24. The third-order valence-electron chi connectivity index (χ3n) is 2.69. The molecule has 0 aliphatic rings. The van der Waals surface area contributed by atoms with Crippen LogP contribution in [0.2, 0.25) is 0 Å². The number of aromatic nitrogens is 3. The Bertz CT molecular complexity index is 620. The highest BCUT2D eigenvalue weighted by molar-refractivity contribution is 5.92. The van der Waals surface area contributed by atoms with Gasteiger partial charge in [0, 0.05) is 17.5 Å². The van der Waals surface area contributed by atoms with Gasteiger partial charge in [-0.15, -0.1) is 5.10 Å². The van der Waals surface area contributed by atoms with Crippen LogP contribution >= 0.6 is 0 Å². The van der Waals surface area contributed by atoms with E-state index in [2.05, 4.69) is 10.1 Å². The topological polar surface area (TPSA) is 66.2 Å². The predicted molar refractivity (Wildman–Crippen MR) is 68.7 cm³/mol. The zero-order valence-corrected chi connectivity index (χ0v) is 11.3. The van der Waals surface area contributed by atoms with E-state index >= 15 is 0 Å². The Hall–Kier alpha value is -2.37. The molecule has 2 aromatic rings. The predicted octanol–water partition coefficient (Wildman–Crippen LogP) is 1.68. The number of ether oxygens (including phenoxy) is 2. The summed E-state index contributed by atoms with van der Waals surface area (Å²) < 4.78 is 11.4. The summed E-state index contributed by atoms with van der Waals surface area (Å²) in [5.74, 6) is 0.459. The molecule has 6 heteroatoms. The lowest BCUT2D eigenvalue weighted by Gasteiger charge is -2.09. The minimum atomic E-state index is -0.448. The van der Waals surface area contributed by atoms with Gasteiger partial charge in [0.1, 0.15) is 5.56 Å². The molecule has 0 aliphatic carbocycles. The summed E-state index contributed by atoms with van der Waals surface area (Å²) in [6, 6.07) is 5.20. The first-order valence-corrected chi connectivity index (χ1v) is 5.73. The van der Waals surface area contributed by atoms with Gasteiger partial charge >= 0.3 is 5.97 Å². The maximum atomic E-state index is 11.8. The van der Waals surface area contributed by atoms with Crippen molar-refractivity contribution in [2.45, 2.75) is 13.8 Å². The largest absolute Gasteiger partial charge is 0.480 e. The summed E-state index contributed by atoms with van der Waals surface area (Å²) >= 11 is 0. The van der Waals surface area contributed by atoms with Crippen molar-refractivity contribution in [3.63, 3.8) is 0 Å². The second-order valence-corrected chi connectivity index (χ2v) is 4.06. The highest BCUT2D eigenvalue weighted by atomic mass is 16.5. The number of nitrogens with zero attached hydrogens (tertiary/aromatic N) is 3. The molecule has 2 aromatic heterocycles. The van der Waals surface area contributed by atoms with Crippen LogP contribution in [0.1, 0.15) is 21.7 Å². The van der Waals surface area contributed by atoms with Gasteiger partial charge in [-0.05, 0) is 26.0 Å². The van der Waals surface area contributed by atoms with Gasteiger partial charge in [-0.3, -0.25) is 0 Å². The van der Waals surface area contributed by atoms with Crippen LogP contribution in [0.5, 0.6) is 5.88 Å². The number of aryl methyl sites for hydroxylation is 2. The maximum Gasteiger partial charge on any atom is 0.341 e. The fraction of sp³-hybridized carbons (Fsp3) is 0.308. The first kappa shape index (κ1) is 13.1.